The molecule has 0 saturated heterocycles. The molecule has 0 radical (unpaired) electrons. The smallest absolute Gasteiger partial charge is 0.233 e. The zero-order chi connectivity index (χ0) is 13.8. The van der Waals surface area contributed by atoms with Gasteiger partial charge in [-0.1, -0.05) is 12.1 Å². The van der Waals surface area contributed by atoms with Crippen molar-refractivity contribution in [1.82, 2.24) is 5.32 Å². The fourth-order valence-corrected chi connectivity index (χ4v) is 2.19. The second-order valence-electron chi connectivity index (χ2n) is 5.32. The van der Waals surface area contributed by atoms with Crippen molar-refractivity contribution in [3.63, 3.8) is 0 Å². The molecule has 0 aliphatic carbocycles. The number of carbonyl (C=O) groups excluding carboxylic acids is 1. The van der Waals surface area contributed by atoms with Gasteiger partial charge in [0.15, 0.2) is 0 Å². The van der Waals surface area contributed by atoms with Crippen LogP contribution in [0.5, 0.6) is 0 Å². The Bertz CT molecular complexity index is 397. The molecule has 1 aromatic rings. The molecular weight excluding hydrogens is 249 g/mol. The highest BCUT2D eigenvalue weighted by Crippen LogP contribution is 2.18. The van der Waals surface area contributed by atoms with E-state index >= 15 is 0 Å². The van der Waals surface area contributed by atoms with E-state index in [1.54, 1.807) is 23.9 Å². The topological polar surface area (TPSA) is 29.1 Å². The zero-order valence-corrected chi connectivity index (χ0v) is 12.1. The van der Waals surface area contributed by atoms with Crippen molar-refractivity contribution < 1.29 is 9.18 Å². The monoisotopic (exact) mass is 269 g/mol. The standard InChI is InChI=1S/C14H20FNOS/c1-10(13(17)16-14(2,3)4)18-9-11-5-7-12(15)8-6-11/h5-8,10H,9H2,1-4H3,(H,16,17). The number of carbonyl (C=O) groups is 1. The van der Waals surface area contributed by atoms with Crippen molar-refractivity contribution in [3.8, 4) is 0 Å². The minimum Gasteiger partial charge on any atom is -0.351 e. The highest BCUT2D eigenvalue weighted by Gasteiger charge is 2.19. The Morgan fingerprint density at radius 3 is 2.39 bits per heavy atom. The van der Waals surface area contributed by atoms with Crippen molar-refractivity contribution in [2.24, 2.45) is 0 Å². The predicted molar refractivity (Wildman–Crippen MR) is 75.1 cm³/mol. The van der Waals surface area contributed by atoms with Crippen LogP contribution in [-0.4, -0.2) is 16.7 Å². The van der Waals surface area contributed by atoms with Gasteiger partial charge in [-0.05, 0) is 45.4 Å². The Morgan fingerprint density at radius 1 is 1.33 bits per heavy atom. The van der Waals surface area contributed by atoms with Crippen molar-refractivity contribution in [1.29, 1.82) is 0 Å². The average Bonchev–Trinajstić information content (AvgIpc) is 2.25. The van der Waals surface area contributed by atoms with Crippen molar-refractivity contribution in [2.75, 3.05) is 0 Å². The first kappa shape index (κ1) is 15.0. The predicted octanol–water partition coefficient (Wildman–Crippen LogP) is 3.36. The first-order chi connectivity index (χ1) is 8.28. The fraction of sp³-hybridized carbons (Fsp3) is 0.500. The summed E-state index contributed by atoms with van der Waals surface area (Å²) in [6.07, 6.45) is 0. The van der Waals surface area contributed by atoms with E-state index in [1.165, 1.54) is 12.1 Å². The van der Waals surface area contributed by atoms with Gasteiger partial charge in [-0.15, -0.1) is 11.8 Å². The maximum atomic E-state index is 12.7. The summed E-state index contributed by atoms with van der Waals surface area (Å²) >= 11 is 1.55. The Hall–Kier alpha value is -1.03. The lowest BCUT2D eigenvalue weighted by atomic mass is 10.1. The van der Waals surface area contributed by atoms with E-state index in [2.05, 4.69) is 5.32 Å². The molecule has 1 unspecified atom stereocenters. The largest absolute Gasteiger partial charge is 0.351 e. The normalized spacial score (nSPS) is 13.2. The third-order valence-corrected chi connectivity index (χ3v) is 3.49. The number of nitrogens with one attached hydrogen (secondary N) is 1. The van der Waals surface area contributed by atoms with Crippen molar-refractivity contribution >= 4 is 17.7 Å². The molecule has 0 saturated carbocycles. The third-order valence-electron chi connectivity index (χ3n) is 2.28. The number of halogens is 1. The molecule has 0 aromatic heterocycles. The van der Waals surface area contributed by atoms with E-state index in [0.717, 1.165) is 5.56 Å². The molecule has 1 N–H and O–H groups in total. The lowest BCUT2D eigenvalue weighted by Crippen LogP contribution is -2.44. The fourth-order valence-electron chi connectivity index (χ4n) is 1.35. The molecule has 1 amide bonds. The maximum absolute atomic E-state index is 12.7. The molecule has 0 bridgehead atoms. The number of thioether (sulfide) groups is 1. The van der Waals surface area contributed by atoms with Crippen molar-refractivity contribution in [2.45, 2.75) is 44.2 Å². The molecule has 1 aromatic carbocycles. The number of hydrogen-bond donors (Lipinski definition) is 1. The van der Waals surface area contributed by atoms with Gasteiger partial charge in [0.25, 0.3) is 0 Å². The van der Waals surface area contributed by atoms with Crippen LogP contribution >= 0.6 is 11.8 Å². The summed E-state index contributed by atoms with van der Waals surface area (Å²) in [5.74, 6) is 0.510. The van der Waals surface area contributed by atoms with E-state index in [9.17, 15) is 9.18 Å². The van der Waals surface area contributed by atoms with Crippen molar-refractivity contribution in [3.05, 3.63) is 35.6 Å². The van der Waals surface area contributed by atoms with Gasteiger partial charge in [-0.2, -0.15) is 0 Å². The van der Waals surface area contributed by atoms with Crippen LogP contribution in [0, 0.1) is 5.82 Å². The number of amides is 1. The molecule has 1 atom stereocenters. The summed E-state index contributed by atoms with van der Waals surface area (Å²) in [5, 5.41) is 2.83. The van der Waals surface area contributed by atoms with Crippen LogP contribution in [0.3, 0.4) is 0 Å². The lowest BCUT2D eigenvalue weighted by molar-refractivity contribution is -0.121. The molecule has 0 fully saturated rings. The van der Waals surface area contributed by atoms with Crippen LogP contribution in [0.25, 0.3) is 0 Å². The van der Waals surface area contributed by atoms with Gasteiger partial charge in [0.1, 0.15) is 5.82 Å². The summed E-state index contributed by atoms with van der Waals surface area (Å²) in [5.41, 5.74) is 0.818. The first-order valence-electron chi connectivity index (χ1n) is 5.96. The van der Waals surface area contributed by atoms with E-state index in [4.69, 9.17) is 0 Å². The molecule has 0 heterocycles. The zero-order valence-electron chi connectivity index (χ0n) is 11.3. The van der Waals surface area contributed by atoms with Gasteiger partial charge in [0.05, 0.1) is 5.25 Å². The maximum Gasteiger partial charge on any atom is 0.233 e. The van der Waals surface area contributed by atoms with Gasteiger partial charge in [-0.3, -0.25) is 4.79 Å². The van der Waals surface area contributed by atoms with Gasteiger partial charge in [-0.25, -0.2) is 4.39 Å². The molecule has 2 nitrogen and oxygen atoms in total. The molecular formula is C14H20FNOS. The summed E-state index contributed by atoms with van der Waals surface area (Å²) in [7, 11) is 0. The first-order valence-corrected chi connectivity index (χ1v) is 7.01. The van der Waals surface area contributed by atoms with Gasteiger partial charge >= 0.3 is 0 Å². The molecule has 4 heteroatoms. The van der Waals surface area contributed by atoms with Gasteiger partial charge in [0.2, 0.25) is 5.91 Å². The SMILES string of the molecule is CC(SCc1ccc(F)cc1)C(=O)NC(C)(C)C. The van der Waals surface area contributed by atoms with Crippen LogP contribution in [0.15, 0.2) is 24.3 Å². The highest BCUT2D eigenvalue weighted by atomic mass is 32.2. The summed E-state index contributed by atoms with van der Waals surface area (Å²) in [6.45, 7) is 7.77. The van der Waals surface area contributed by atoms with Gasteiger partial charge in [0, 0.05) is 11.3 Å². The lowest BCUT2D eigenvalue weighted by Gasteiger charge is -2.23. The number of rotatable bonds is 4. The minimum absolute atomic E-state index is 0.0367. The molecule has 0 spiro atoms. The summed E-state index contributed by atoms with van der Waals surface area (Å²) in [4.78, 5) is 11.8. The second kappa shape index (κ2) is 6.23. The summed E-state index contributed by atoms with van der Waals surface area (Å²) in [6, 6.07) is 6.37. The molecule has 0 aliphatic rings. The quantitative estimate of drug-likeness (QED) is 0.908. The Morgan fingerprint density at radius 2 is 1.89 bits per heavy atom. The molecule has 100 valence electrons. The van der Waals surface area contributed by atoms with Crippen LogP contribution in [0.2, 0.25) is 0 Å². The van der Waals surface area contributed by atoms with Crippen LogP contribution < -0.4 is 5.32 Å². The average molecular weight is 269 g/mol. The van der Waals surface area contributed by atoms with Crippen LogP contribution in [0.4, 0.5) is 4.39 Å². The second-order valence-corrected chi connectivity index (χ2v) is 6.65. The van der Waals surface area contributed by atoms with E-state index in [0.29, 0.717) is 5.75 Å². The Kier molecular flexibility index (Phi) is 5.20. The Labute approximate surface area is 112 Å². The minimum atomic E-state index is -0.234. The van der Waals surface area contributed by atoms with Crippen LogP contribution in [0.1, 0.15) is 33.3 Å². The third kappa shape index (κ3) is 5.54. The molecule has 1 rings (SSSR count). The van der Waals surface area contributed by atoms with Gasteiger partial charge < -0.3 is 5.32 Å². The molecule has 18 heavy (non-hydrogen) atoms. The highest BCUT2D eigenvalue weighted by molar-refractivity contribution is 7.99. The van der Waals surface area contributed by atoms with E-state index in [1.807, 2.05) is 27.7 Å². The number of benzene rings is 1. The van der Waals surface area contributed by atoms with Crippen LogP contribution in [-0.2, 0) is 10.5 Å². The van der Waals surface area contributed by atoms with E-state index in [-0.39, 0.29) is 22.5 Å². The summed E-state index contributed by atoms with van der Waals surface area (Å²) < 4.78 is 12.7. The molecule has 0 aliphatic heterocycles. The number of hydrogen-bond acceptors (Lipinski definition) is 2. The Balaban J connectivity index is 2.43. The van der Waals surface area contributed by atoms with E-state index < -0.39 is 0 Å².